The number of nitrogens with one attached hydrogen (secondary N) is 1. The maximum atomic E-state index is 11.8. The molecule has 1 aromatic carbocycles. The molecule has 0 aromatic heterocycles. The second kappa shape index (κ2) is 7.70. The molecule has 118 valence electrons. The molecule has 0 aliphatic carbocycles. The van der Waals surface area contributed by atoms with Gasteiger partial charge in [0.2, 0.25) is 17.7 Å². The summed E-state index contributed by atoms with van der Waals surface area (Å²) >= 11 is 0. The standard InChI is InChI=1S/C16H20N2O4/c1-22-11-13-4-2-12(3-5-13)10-17-14(19)8-9-18-15(20)6-7-16(18)21/h2-5H,6-11H2,1H3,(H,17,19). The molecular weight excluding hydrogens is 284 g/mol. The van der Waals surface area contributed by atoms with Gasteiger partial charge >= 0.3 is 0 Å². The predicted molar refractivity (Wildman–Crippen MR) is 79.6 cm³/mol. The number of rotatable bonds is 7. The average molecular weight is 304 g/mol. The molecule has 3 amide bonds. The number of hydrogen-bond donors (Lipinski definition) is 1. The Morgan fingerprint density at radius 2 is 1.73 bits per heavy atom. The number of methoxy groups -OCH3 is 1. The maximum absolute atomic E-state index is 11.8. The fourth-order valence-electron chi connectivity index (χ4n) is 2.29. The van der Waals surface area contributed by atoms with Crippen molar-refractivity contribution in [1.29, 1.82) is 0 Å². The van der Waals surface area contributed by atoms with Crippen LogP contribution in [0.15, 0.2) is 24.3 Å². The maximum Gasteiger partial charge on any atom is 0.229 e. The molecule has 1 aliphatic heterocycles. The summed E-state index contributed by atoms with van der Waals surface area (Å²) in [7, 11) is 1.64. The van der Waals surface area contributed by atoms with E-state index in [1.807, 2.05) is 24.3 Å². The monoisotopic (exact) mass is 304 g/mol. The number of ether oxygens (including phenoxy) is 1. The molecule has 2 rings (SSSR count). The Balaban J connectivity index is 1.73. The summed E-state index contributed by atoms with van der Waals surface area (Å²) in [5, 5.41) is 2.78. The largest absolute Gasteiger partial charge is 0.380 e. The van der Waals surface area contributed by atoms with Gasteiger partial charge < -0.3 is 10.1 Å². The second-order valence-electron chi connectivity index (χ2n) is 5.22. The number of carbonyl (C=O) groups is 3. The summed E-state index contributed by atoms with van der Waals surface area (Å²) in [6.07, 6.45) is 0.655. The molecule has 1 aromatic rings. The Kier molecular flexibility index (Phi) is 5.66. The zero-order valence-electron chi connectivity index (χ0n) is 12.6. The molecule has 0 bridgehead atoms. The number of nitrogens with zero attached hydrogens (tertiary/aromatic N) is 1. The van der Waals surface area contributed by atoms with Gasteiger partial charge in [-0.05, 0) is 11.1 Å². The minimum absolute atomic E-state index is 0.138. The summed E-state index contributed by atoms with van der Waals surface area (Å²) in [4.78, 5) is 35.8. The summed E-state index contributed by atoms with van der Waals surface area (Å²) in [5.74, 6) is -0.550. The van der Waals surface area contributed by atoms with Gasteiger partial charge in [-0.15, -0.1) is 0 Å². The fraction of sp³-hybridized carbons (Fsp3) is 0.438. The van der Waals surface area contributed by atoms with Crippen LogP contribution in [0.3, 0.4) is 0 Å². The lowest BCUT2D eigenvalue weighted by Crippen LogP contribution is -2.34. The van der Waals surface area contributed by atoms with Gasteiger partial charge in [-0.25, -0.2) is 0 Å². The van der Waals surface area contributed by atoms with Crippen LogP contribution in [0.2, 0.25) is 0 Å². The van der Waals surface area contributed by atoms with E-state index in [2.05, 4.69) is 5.32 Å². The van der Waals surface area contributed by atoms with Crippen molar-refractivity contribution in [3.05, 3.63) is 35.4 Å². The molecule has 6 heteroatoms. The molecule has 0 atom stereocenters. The lowest BCUT2D eigenvalue weighted by molar-refractivity contribution is -0.138. The first-order valence-corrected chi connectivity index (χ1v) is 7.27. The second-order valence-corrected chi connectivity index (χ2v) is 5.22. The number of imide groups is 1. The summed E-state index contributed by atoms with van der Waals surface area (Å²) in [5.41, 5.74) is 2.06. The van der Waals surface area contributed by atoms with E-state index in [1.165, 1.54) is 4.90 Å². The number of hydrogen-bond acceptors (Lipinski definition) is 4. The highest BCUT2D eigenvalue weighted by atomic mass is 16.5. The topological polar surface area (TPSA) is 75.7 Å². The highest BCUT2D eigenvalue weighted by Crippen LogP contribution is 2.11. The lowest BCUT2D eigenvalue weighted by atomic mass is 10.1. The quantitative estimate of drug-likeness (QED) is 0.762. The Bertz CT molecular complexity index is 538. The Morgan fingerprint density at radius 1 is 1.14 bits per heavy atom. The molecule has 6 nitrogen and oxygen atoms in total. The van der Waals surface area contributed by atoms with E-state index in [0.717, 1.165) is 11.1 Å². The molecule has 0 radical (unpaired) electrons. The number of benzene rings is 1. The van der Waals surface area contributed by atoms with Crippen LogP contribution in [-0.4, -0.2) is 36.3 Å². The van der Waals surface area contributed by atoms with E-state index < -0.39 is 0 Å². The minimum atomic E-state index is -0.188. The molecule has 0 spiro atoms. The van der Waals surface area contributed by atoms with Gasteiger partial charge in [0.25, 0.3) is 0 Å². The van der Waals surface area contributed by atoms with E-state index in [9.17, 15) is 14.4 Å². The molecular formula is C16H20N2O4. The van der Waals surface area contributed by atoms with Gasteiger partial charge in [-0.3, -0.25) is 19.3 Å². The van der Waals surface area contributed by atoms with Crippen molar-refractivity contribution in [2.24, 2.45) is 0 Å². The molecule has 0 unspecified atom stereocenters. The van der Waals surface area contributed by atoms with Crippen molar-refractivity contribution in [3.8, 4) is 0 Å². The van der Waals surface area contributed by atoms with E-state index in [4.69, 9.17) is 4.74 Å². The van der Waals surface area contributed by atoms with Crippen LogP contribution in [-0.2, 0) is 32.3 Å². The molecule has 1 fully saturated rings. The molecule has 1 aliphatic rings. The third kappa shape index (κ3) is 4.39. The van der Waals surface area contributed by atoms with E-state index in [0.29, 0.717) is 13.2 Å². The zero-order chi connectivity index (χ0) is 15.9. The number of carbonyl (C=O) groups excluding carboxylic acids is 3. The van der Waals surface area contributed by atoms with Crippen molar-refractivity contribution < 1.29 is 19.1 Å². The van der Waals surface area contributed by atoms with Crippen molar-refractivity contribution >= 4 is 17.7 Å². The zero-order valence-corrected chi connectivity index (χ0v) is 12.6. The molecule has 0 saturated carbocycles. The van der Waals surface area contributed by atoms with Crippen LogP contribution >= 0.6 is 0 Å². The van der Waals surface area contributed by atoms with E-state index in [1.54, 1.807) is 7.11 Å². The summed E-state index contributed by atoms with van der Waals surface area (Å²) in [6, 6.07) is 7.77. The SMILES string of the molecule is COCc1ccc(CNC(=O)CCN2C(=O)CCC2=O)cc1. The lowest BCUT2D eigenvalue weighted by Gasteiger charge is -2.13. The van der Waals surface area contributed by atoms with Crippen molar-refractivity contribution in [2.45, 2.75) is 32.4 Å². The van der Waals surface area contributed by atoms with Crippen LogP contribution in [0, 0.1) is 0 Å². The highest BCUT2D eigenvalue weighted by Gasteiger charge is 2.28. The minimum Gasteiger partial charge on any atom is -0.380 e. The van der Waals surface area contributed by atoms with Crippen molar-refractivity contribution in [3.63, 3.8) is 0 Å². The van der Waals surface area contributed by atoms with Crippen LogP contribution in [0.25, 0.3) is 0 Å². The van der Waals surface area contributed by atoms with Crippen LogP contribution in [0.5, 0.6) is 0 Å². The van der Waals surface area contributed by atoms with Crippen molar-refractivity contribution in [1.82, 2.24) is 10.2 Å². The van der Waals surface area contributed by atoms with Gasteiger partial charge in [-0.1, -0.05) is 24.3 Å². The highest BCUT2D eigenvalue weighted by molar-refractivity contribution is 6.02. The average Bonchev–Trinajstić information content (AvgIpc) is 2.83. The first kappa shape index (κ1) is 16.2. The molecule has 1 N–H and O–H groups in total. The Hall–Kier alpha value is -2.21. The van der Waals surface area contributed by atoms with Gasteiger partial charge in [0.15, 0.2) is 0 Å². The third-order valence-corrected chi connectivity index (χ3v) is 3.54. The van der Waals surface area contributed by atoms with Crippen LogP contribution in [0.1, 0.15) is 30.4 Å². The van der Waals surface area contributed by atoms with Gasteiger partial charge in [0, 0.05) is 39.5 Å². The normalized spacial score (nSPS) is 14.5. The number of likely N-dealkylation sites (tertiary alicyclic amines) is 1. The third-order valence-electron chi connectivity index (χ3n) is 3.54. The van der Waals surface area contributed by atoms with E-state index in [-0.39, 0.29) is 43.5 Å². The van der Waals surface area contributed by atoms with Gasteiger partial charge in [0.1, 0.15) is 0 Å². The fourth-order valence-corrected chi connectivity index (χ4v) is 2.29. The Morgan fingerprint density at radius 3 is 2.32 bits per heavy atom. The molecule has 1 saturated heterocycles. The first-order chi connectivity index (χ1) is 10.6. The molecule has 22 heavy (non-hydrogen) atoms. The van der Waals surface area contributed by atoms with Crippen LogP contribution < -0.4 is 5.32 Å². The van der Waals surface area contributed by atoms with Gasteiger partial charge in [-0.2, -0.15) is 0 Å². The van der Waals surface area contributed by atoms with E-state index >= 15 is 0 Å². The van der Waals surface area contributed by atoms with Gasteiger partial charge in [0.05, 0.1) is 6.61 Å². The number of amides is 3. The van der Waals surface area contributed by atoms with Crippen LogP contribution in [0.4, 0.5) is 0 Å². The predicted octanol–water partition coefficient (Wildman–Crippen LogP) is 0.988. The first-order valence-electron chi connectivity index (χ1n) is 7.27. The summed E-state index contributed by atoms with van der Waals surface area (Å²) < 4.78 is 5.03. The van der Waals surface area contributed by atoms with Crippen molar-refractivity contribution in [2.75, 3.05) is 13.7 Å². The summed E-state index contributed by atoms with van der Waals surface area (Å²) in [6.45, 7) is 1.15. The Labute approximate surface area is 129 Å². The molecule has 1 heterocycles. The smallest absolute Gasteiger partial charge is 0.229 e.